The Morgan fingerprint density at radius 1 is 1.46 bits per heavy atom. The second kappa shape index (κ2) is 3.70. The zero-order valence-electron chi connectivity index (χ0n) is 7.53. The molecule has 1 aromatic rings. The van der Waals surface area contributed by atoms with Gasteiger partial charge in [0.05, 0.1) is 23.6 Å². The molecule has 0 aromatic carbocycles. The van der Waals surface area contributed by atoms with Crippen molar-refractivity contribution in [3.8, 4) is 0 Å². The molecule has 0 saturated carbocycles. The second-order valence-corrected chi connectivity index (χ2v) is 3.42. The third-order valence-corrected chi connectivity index (χ3v) is 2.36. The van der Waals surface area contributed by atoms with Crippen LogP contribution in [0.25, 0.3) is 0 Å². The number of hydrogen-bond acceptors (Lipinski definition) is 4. The van der Waals surface area contributed by atoms with Gasteiger partial charge in [0.2, 0.25) is 0 Å². The van der Waals surface area contributed by atoms with Crippen molar-refractivity contribution in [2.75, 3.05) is 12.3 Å². The molecule has 1 fully saturated rings. The van der Waals surface area contributed by atoms with Crippen LogP contribution in [-0.4, -0.2) is 16.7 Å². The van der Waals surface area contributed by atoms with E-state index >= 15 is 0 Å². The molecule has 4 heteroatoms. The molecule has 2 heterocycles. The maximum atomic E-state index is 5.63. The average Bonchev–Trinajstić information content (AvgIpc) is 2.19. The van der Waals surface area contributed by atoms with Gasteiger partial charge in [-0.3, -0.25) is 0 Å². The van der Waals surface area contributed by atoms with Crippen molar-refractivity contribution in [1.82, 2.24) is 15.5 Å². The number of aromatic nitrogens is 2. The van der Waals surface area contributed by atoms with Crippen molar-refractivity contribution in [1.29, 1.82) is 0 Å². The van der Waals surface area contributed by atoms with E-state index in [1.54, 1.807) is 6.20 Å². The van der Waals surface area contributed by atoms with E-state index in [9.17, 15) is 0 Å². The number of rotatable bonds is 1. The summed E-state index contributed by atoms with van der Waals surface area (Å²) in [5.74, 6) is 0. The lowest BCUT2D eigenvalue weighted by Crippen LogP contribution is -2.27. The number of nitrogens with zero attached hydrogens (tertiary/aromatic N) is 2. The fraction of sp³-hybridized carbons (Fsp3) is 0.556. The highest BCUT2D eigenvalue weighted by atomic mass is 15.1. The molecule has 2 rings (SSSR count). The first-order valence-corrected chi connectivity index (χ1v) is 4.68. The topological polar surface area (TPSA) is 63.8 Å². The summed E-state index contributed by atoms with van der Waals surface area (Å²) in [4.78, 5) is 0. The molecule has 1 unspecified atom stereocenters. The summed E-state index contributed by atoms with van der Waals surface area (Å²) in [7, 11) is 0. The fourth-order valence-electron chi connectivity index (χ4n) is 1.67. The molecule has 1 saturated heterocycles. The van der Waals surface area contributed by atoms with E-state index in [2.05, 4.69) is 15.5 Å². The van der Waals surface area contributed by atoms with Crippen LogP contribution in [0.1, 0.15) is 31.0 Å². The Labute approximate surface area is 77.5 Å². The highest BCUT2D eigenvalue weighted by Crippen LogP contribution is 2.21. The Hall–Kier alpha value is -1.16. The Morgan fingerprint density at radius 2 is 2.38 bits per heavy atom. The van der Waals surface area contributed by atoms with Crippen LogP contribution < -0.4 is 11.1 Å². The van der Waals surface area contributed by atoms with Crippen LogP contribution in [0.15, 0.2) is 12.3 Å². The van der Waals surface area contributed by atoms with Crippen LogP contribution in [-0.2, 0) is 0 Å². The molecule has 13 heavy (non-hydrogen) atoms. The highest BCUT2D eigenvalue weighted by Gasteiger charge is 2.15. The van der Waals surface area contributed by atoms with Gasteiger partial charge in [0.1, 0.15) is 0 Å². The number of anilines is 1. The van der Waals surface area contributed by atoms with E-state index in [0.29, 0.717) is 11.7 Å². The minimum atomic E-state index is 0.352. The monoisotopic (exact) mass is 178 g/mol. The van der Waals surface area contributed by atoms with Crippen molar-refractivity contribution in [3.05, 3.63) is 18.0 Å². The van der Waals surface area contributed by atoms with E-state index in [-0.39, 0.29) is 0 Å². The molecule has 1 aliphatic rings. The van der Waals surface area contributed by atoms with Crippen molar-refractivity contribution < 1.29 is 0 Å². The summed E-state index contributed by atoms with van der Waals surface area (Å²) in [6.45, 7) is 1.07. The summed E-state index contributed by atoms with van der Waals surface area (Å²) in [6.07, 6.45) is 5.23. The van der Waals surface area contributed by atoms with Gasteiger partial charge >= 0.3 is 0 Å². The van der Waals surface area contributed by atoms with Gasteiger partial charge in [0.25, 0.3) is 0 Å². The Morgan fingerprint density at radius 3 is 3.08 bits per heavy atom. The molecule has 70 valence electrons. The first-order valence-electron chi connectivity index (χ1n) is 4.68. The van der Waals surface area contributed by atoms with Crippen molar-refractivity contribution in [3.63, 3.8) is 0 Å². The predicted molar refractivity (Wildman–Crippen MR) is 51.0 cm³/mol. The van der Waals surface area contributed by atoms with Gasteiger partial charge in [-0.2, -0.15) is 10.2 Å². The van der Waals surface area contributed by atoms with Crippen LogP contribution in [0, 0.1) is 0 Å². The van der Waals surface area contributed by atoms with E-state index in [4.69, 9.17) is 5.73 Å². The first kappa shape index (κ1) is 8.44. The summed E-state index contributed by atoms with van der Waals surface area (Å²) in [5, 5.41) is 11.3. The quantitative estimate of drug-likeness (QED) is 0.670. The van der Waals surface area contributed by atoms with Gasteiger partial charge in [-0.1, -0.05) is 6.42 Å². The lowest BCUT2D eigenvalue weighted by molar-refractivity contribution is 0.403. The summed E-state index contributed by atoms with van der Waals surface area (Å²) < 4.78 is 0. The molecule has 0 radical (unpaired) electrons. The average molecular weight is 178 g/mol. The van der Waals surface area contributed by atoms with E-state index < -0.39 is 0 Å². The Bertz CT molecular complexity index is 281. The third kappa shape index (κ3) is 1.95. The molecule has 0 spiro atoms. The largest absolute Gasteiger partial charge is 0.397 e. The molecule has 0 amide bonds. The van der Waals surface area contributed by atoms with E-state index in [1.165, 1.54) is 12.8 Å². The van der Waals surface area contributed by atoms with Crippen LogP contribution in [0.3, 0.4) is 0 Å². The second-order valence-electron chi connectivity index (χ2n) is 3.42. The lowest BCUT2D eigenvalue weighted by atomic mass is 10.0. The number of nitrogen functional groups attached to an aromatic ring is 1. The maximum Gasteiger partial charge on any atom is 0.0820 e. The molecule has 3 N–H and O–H groups in total. The summed E-state index contributed by atoms with van der Waals surface area (Å²) in [6, 6.07) is 2.25. The van der Waals surface area contributed by atoms with E-state index in [1.807, 2.05) is 6.07 Å². The van der Waals surface area contributed by atoms with E-state index in [0.717, 1.165) is 18.7 Å². The smallest absolute Gasteiger partial charge is 0.0820 e. The number of nitrogens with two attached hydrogens (primary N) is 1. The van der Waals surface area contributed by atoms with Crippen LogP contribution in [0.2, 0.25) is 0 Å². The third-order valence-electron chi connectivity index (χ3n) is 2.36. The lowest BCUT2D eigenvalue weighted by Gasteiger charge is -2.22. The zero-order valence-corrected chi connectivity index (χ0v) is 7.53. The minimum Gasteiger partial charge on any atom is -0.397 e. The molecule has 0 aliphatic carbocycles. The van der Waals surface area contributed by atoms with Gasteiger partial charge in [-0.25, -0.2) is 0 Å². The van der Waals surface area contributed by atoms with Crippen LogP contribution in [0.4, 0.5) is 5.69 Å². The van der Waals surface area contributed by atoms with Crippen LogP contribution in [0.5, 0.6) is 0 Å². The van der Waals surface area contributed by atoms with Gasteiger partial charge in [-0.05, 0) is 25.5 Å². The zero-order chi connectivity index (χ0) is 9.10. The molecule has 0 bridgehead atoms. The van der Waals surface area contributed by atoms with Crippen LogP contribution >= 0.6 is 0 Å². The molecule has 1 aromatic heterocycles. The Balaban J connectivity index is 2.14. The van der Waals surface area contributed by atoms with Crippen molar-refractivity contribution in [2.24, 2.45) is 0 Å². The molecular formula is C9H14N4. The Kier molecular flexibility index (Phi) is 2.40. The highest BCUT2D eigenvalue weighted by molar-refractivity contribution is 5.35. The molecular weight excluding hydrogens is 164 g/mol. The standard InChI is InChI=1S/C9H14N4/c10-7-5-9(13-12-6-7)8-3-1-2-4-11-8/h5-6,8,11H,1-4H2,(H2,10,13). The van der Waals surface area contributed by atoms with Gasteiger partial charge in [0.15, 0.2) is 0 Å². The van der Waals surface area contributed by atoms with Gasteiger partial charge in [0, 0.05) is 0 Å². The first-order chi connectivity index (χ1) is 6.36. The summed E-state index contributed by atoms with van der Waals surface area (Å²) in [5.41, 5.74) is 7.30. The minimum absolute atomic E-state index is 0.352. The van der Waals surface area contributed by atoms with Gasteiger partial charge < -0.3 is 11.1 Å². The molecule has 1 aliphatic heterocycles. The van der Waals surface area contributed by atoms with Crippen molar-refractivity contribution in [2.45, 2.75) is 25.3 Å². The predicted octanol–water partition coefficient (Wildman–Crippen LogP) is 0.873. The summed E-state index contributed by atoms with van der Waals surface area (Å²) >= 11 is 0. The number of hydrogen-bond donors (Lipinski definition) is 2. The SMILES string of the molecule is Nc1cnnc(C2CCCCN2)c1. The van der Waals surface area contributed by atoms with Crippen molar-refractivity contribution >= 4 is 5.69 Å². The maximum absolute atomic E-state index is 5.63. The number of piperidine rings is 1. The molecule has 4 nitrogen and oxygen atoms in total. The molecule has 1 atom stereocenters. The van der Waals surface area contributed by atoms with Gasteiger partial charge in [-0.15, -0.1) is 0 Å². The number of nitrogens with one attached hydrogen (secondary N) is 1. The fourth-order valence-corrected chi connectivity index (χ4v) is 1.67. The normalized spacial score (nSPS) is 22.9.